The van der Waals surface area contributed by atoms with E-state index in [1.807, 2.05) is 0 Å². The van der Waals surface area contributed by atoms with Crippen LogP contribution in [0.2, 0.25) is 0 Å². The second kappa shape index (κ2) is 6.17. The molecule has 0 bridgehead atoms. The molecule has 1 saturated heterocycles. The fraction of sp³-hybridized carbons (Fsp3) is 0.571. The first-order valence-electron chi connectivity index (χ1n) is 6.80. The van der Waals surface area contributed by atoms with Crippen molar-refractivity contribution in [3.8, 4) is 0 Å². The summed E-state index contributed by atoms with van der Waals surface area (Å²) in [5, 5.41) is 0. The average Bonchev–Trinajstić information content (AvgIpc) is 2.71. The molecule has 2 rings (SSSR count). The third-order valence-corrected chi connectivity index (χ3v) is 3.41. The number of ether oxygens (including phenoxy) is 3. The monoisotopic (exact) mass is 311 g/mol. The van der Waals surface area contributed by atoms with Crippen LogP contribution in [0.5, 0.6) is 0 Å². The van der Waals surface area contributed by atoms with E-state index in [1.165, 1.54) is 37.8 Å². The molecule has 0 spiro atoms. The molecule has 1 amide bonds. The van der Waals surface area contributed by atoms with Crippen molar-refractivity contribution in [3.05, 3.63) is 12.2 Å². The molecule has 4 unspecified atom stereocenters. The van der Waals surface area contributed by atoms with Crippen LogP contribution in [0.1, 0.15) is 20.8 Å². The van der Waals surface area contributed by atoms with Crippen molar-refractivity contribution in [2.24, 2.45) is 0 Å². The van der Waals surface area contributed by atoms with Crippen molar-refractivity contribution in [3.63, 3.8) is 0 Å². The van der Waals surface area contributed by atoms with Crippen molar-refractivity contribution < 1.29 is 33.4 Å². The second-order valence-electron chi connectivity index (χ2n) is 5.14. The topological polar surface area (TPSA) is 99.2 Å². The number of carbonyl (C=O) groups excluding carboxylic acids is 4. The molecule has 22 heavy (non-hydrogen) atoms. The summed E-state index contributed by atoms with van der Waals surface area (Å²) < 4.78 is 15.5. The van der Waals surface area contributed by atoms with Crippen LogP contribution >= 0.6 is 0 Å². The van der Waals surface area contributed by atoms with Gasteiger partial charge in [-0.1, -0.05) is 0 Å². The molecule has 0 saturated carbocycles. The lowest BCUT2D eigenvalue weighted by molar-refractivity contribution is -0.167. The molecule has 0 aromatic rings. The molecular formula is C14H17NO7. The maximum atomic E-state index is 12.0. The summed E-state index contributed by atoms with van der Waals surface area (Å²) in [5.74, 6) is -1.97. The summed E-state index contributed by atoms with van der Waals surface area (Å²) in [7, 11) is 0. The minimum absolute atomic E-state index is 0.0726. The Labute approximate surface area is 127 Å². The molecule has 1 fully saturated rings. The fourth-order valence-corrected chi connectivity index (χ4v) is 2.76. The Balaban J connectivity index is 2.31. The quantitative estimate of drug-likeness (QED) is 0.514. The Morgan fingerprint density at radius 3 is 2.18 bits per heavy atom. The number of fused-ring (bicyclic) bond motifs is 1. The van der Waals surface area contributed by atoms with E-state index in [-0.39, 0.29) is 12.5 Å². The highest BCUT2D eigenvalue weighted by Crippen LogP contribution is 2.31. The Morgan fingerprint density at radius 2 is 1.64 bits per heavy atom. The van der Waals surface area contributed by atoms with E-state index < -0.39 is 42.3 Å². The Hall–Kier alpha value is -2.38. The van der Waals surface area contributed by atoms with Crippen LogP contribution in [0.25, 0.3) is 0 Å². The van der Waals surface area contributed by atoms with Gasteiger partial charge in [0.15, 0.2) is 12.2 Å². The highest BCUT2D eigenvalue weighted by molar-refractivity contribution is 5.90. The van der Waals surface area contributed by atoms with Gasteiger partial charge in [-0.2, -0.15) is 0 Å². The van der Waals surface area contributed by atoms with Crippen LogP contribution in [-0.2, 0) is 33.4 Å². The van der Waals surface area contributed by atoms with E-state index in [0.717, 1.165) is 0 Å². The Bertz CT molecular complexity index is 541. The number of hydrogen-bond donors (Lipinski definition) is 0. The van der Waals surface area contributed by atoms with E-state index in [9.17, 15) is 19.2 Å². The second-order valence-corrected chi connectivity index (χ2v) is 5.14. The van der Waals surface area contributed by atoms with Gasteiger partial charge < -0.3 is 19.1 Å². The van der Waals surface area contributed by atoms with Gasteiger partial charge in [0.25, 0.3) is 0 Å². The van der Waals surface area contributed by atoms with Crippen molar-refractivity contribution in [2.75, 3.05) is 6.54 Å². The SMILES string of the molecule is CC(=O)OC1C=CC(=O)N2CC(OC(C)=O)C(OC(C)=O)C12. The van der Waals surface area contributed by atoms with Crippen LogP contribution in [0, 0.1) is 0 Å². The van der Waals surface area contributed by atoms with Crippen LogP contribution in [0.3, 0.4) is 0 Å². The van der Waals surface area contributed by atoms with Gasteiger partial charge in [0.2, 0.25) is 5.91 Å². The third kappa shape index (κ3) is 3.26. The molecule has 8 heteroatoms. The van der Waals surface area contributed by atoms with Crippen molar-refractivity contribution in [1.82, 2.24) is 4.90 Å². The first-order valence-corrected chi connectivity index (χ1v) is 6.80. The molecule has 8 nitrogen and oxygen atoms in total. The number of nitrogens with zero attached hydrogens (tertiary/aromatic N) is 1. The molecule has 120 valence electrons. The Morgan fingerprint density at radius 1 is 1.05 bits per heavy atom. The zero-order valence-electron chi connectivity index (χ0n) is 12.5. The van der Waals surface area contributed by atoms with Crippen molar-refractivity contribution in [1.29, 1.82) is 0 Å². The minimum atomic E-state index is -0.889. The van der Waals surface area contributed by atoms with E-state index in [0.29, 0.717) is 0 Å². The fourth-order valence-electron chi connectivity index (χ4n) is 2.76. The van der Waals surface area contributed by atoms with Crippen molar-refractivity contribution in [2.45, 2.75) is 45.1 Å². The van der Waals surface area contributed by atoms with Gasteiger partial charge in [0.1, 0.15) is 12.1 Å². The predicted molar refractivity (Wildman–Crippen MR) is 71.3 cm³/mol. The molecule has 0 aromatic carbocycles. The maximum absolute atomic E-state index is 12.0. The summed E-state index contributed by atoms with van der Waals surface area (Å²) >= 11 is 0. The number of esters is 3. The largest absolute Gasteiger partial charge is 0.457 e. The lowest BCUT2D eigenvalue weighted by Gasteiger charge is -2.34. The van der Waals surface area contributed by atoms with Gasteiger partial charge in [-0.15, -0.1) is 0 Å². The molecule has 2 heterocycles. The summed E-state index contributed by atoms with van der Waals surface area (Å²) in [6, 6.07) is -0.713. The summed E-state index contributed by atoms with van der Waals surface area (Å²) in [6.45, 7) is 3.76. The summed E-state index contributed by atoms with van der Waals surface area (Å²) in [5.41, 5.74) is 0. The lowest BCUT2D eigenvalue weighted by Crippen LogP contribution is -2.51. The normalized spacial score (nSPS) is 29.8. The molecule has 0 aromatic heterocycles. The van der Waals surface area contributed by atoms with Gasteiger partial charge in [-0.3, -0.25) is 19.2 Å². The molecule has 0 aliphatic carbocycles. The van der Waals surface area contributed by atoms with E-state index in [4.69, 9.17) is 14.2 Å². The molecule has 0 N–H and O–H groups in total. The highest BCUT2D eigenvalue weighted by atomic mass is 16.6. The molecular weight excluding hydrogens is 294 g/mol. The maximum Gasteiger partial charge on any atom is 0.303 e. The average molecular weight is 311 g/mol. The van der Waals surface area contributed by atoms with Gasteiger partial charge in [0, 0.05) is 26.8 Å². The molecule has 2 aliphatic heterocycles. The first-order chi connectivity index (χ1) is 10.3. The van der Waals surface area contributed by atoms with Crippen molar-refractivity contribution >= 4 is 23.8 Å². The third-order valence-electron chi connectivity index (χ3n) is 3.41. The smallest absolute Gasteiger partial charge is 0.303 e. The summed E-state index contributed by atoms with van der Waals surface area (Å²) in [4.78, 5) is 47.1. The van der Waals surface area contributed by atoms with Crippen LogP contribution in [-0.4, -0.2) is 59.6 Å². The van der Waals surface area contributed by atoms with Crippen LogP contribution < -0.4 is 0 Å². The lowest BCUT2D eigenvalue weighted by atomic mass is 10.0. The van der Waals surface area contributed by atoms with E-state index >= 15 is 0 Å². The number of carbonyl (C=O) groups is 4. The predicted octanol–water partition coefficient (Wildman–Crippen LogP) is -0.438. The van der Waals surface area contributed by atoms with E-state index in [2.05, 4.69) is 0 Å². The standard InChI is InChI=1S/C14H17NO7/c1-7(16)20-10-4-5-12(19)15-6-11(21-8(2)17)14(13(10)15)22-9(3)18/h4-5,10-11,13-14H,6H2,1-3H3. The highest BCUT2D eigenvalue weighted by Gasteiger charge is 2.53. The molecule has 0 radical (unpaired) electrons. The van der Waals surface area contributed by atoms with Gasteiger partial charge in [-0.05, 0) is 6.08 Å². The zero-order valence-corrected chi connectivity index (χ0v) is 12.5. The van der Waals surface area contributed by atoms with Crippen LogP contribution in [0.4, 0.5) is 0 Å². The number of hydrogen-bond acceptors (Lipinski definition) is 7. The Kier molecular flexibility index (Phi) is 4.48. The van der Waals surface area contributed by atoms with Crippen LogP contribution in [0.15, 0.2) is 12.2 Å². The zero-order chi connectivity index (χ0) is 16.4. The number of amides is 1. The molecule has 2 aliphatic rings. The molecule has 4 atom stereocenters. The first kappa shape index (κ1) is 16.0. The van der Waals surface area contributed by atoms with Gasteiger partial charge >= 0.3 is 17.9 Å². The van der Waals surface area contributed by atoms with Gasteiger partial charge in [0.05, 0.1) is 6.54 Å². The summed E-state index contributed by atoms with van der Waals surface area (Å²) in [6.07, 6.45) is 0.274. The number of rotatable bonds is 3. The minimum Gasteiger partial charge on any atom is -0.457 e. The van der Waals surface area contributed by atoms with E-state index in [1.54, 1.807) is 0 Å². The van der Waals surface area contributed by atoms with Gasteiger partial charge in [-0.25, -0.2) is 0 Å².